The molecule has 0 saturated carbocycles. The molecule has 3 rings (SSSR count). The van der Waals surface area contributed by atoms with Gasteiger partial charge in [-0.3, -0.25) is 20.6 Å². The van der Waals surface area contributed by atoms with Crippen LogP contribution in [-0.2, 0) is 0 Å². The maximum absolute atomic E-state index is 11.9. The normalized spacial score (nSPS) is 9.85. The minimum Gasteiger partial charge on any atom is -0.356 e. The van der Waals surface area contributed by atoms with Crippen LogP contribution in [0, 0.1) is 0 Å². The summed E-state index contributed by atoms with van der Waals surface area (Å²) in [6.07, 6.45) is 3.10. The van der Waals surface area contributed by atoms with Gasteiger partial charge in [-0.1, -0.05) is 18.2 Å². The van der Waals surface area contributed by atoms with Crippen molar-refractivity contribution in [1.82, 2.24) is 15.8 Å². The Morgan fingerprint density at radius 1 is 0.769 bits per heavy atom. The second kappa shape index (κ2) is 8.59. The first-order valence-electron chi connectivity index (χ1n) is 7.90. The molecule has 6 nitrogen and oxygen atoms in total. The molecule has 0 spiro atoms. The van der Waals surface area contributed by atoms with Crippen molar-refractivity contribution >= 4 is 40.3 Å². The minimum atomic E-state index is -0.293. The molecule has 1 heterocycles. The third-order valence-corrected chi connectivity index (χ3v) is 3.64. The van der Waals surface area contributed by atoms with E-state index in [1.807, 2.05) is 54.6 Å². The van der Waals surface area contributed by atoms with Gasteiger partial charge < -0.3 is 10.6 Å². The molecular formula is C19H17N5OS. The van der Waals surface area contributed by atoms with Crippen LogP contribution in [0.25, 0.3) is 0 Å². The molecule has 0 aliphatic rings. The number of amides is 1. The number of hydrogen-bond donors (Lipinski definition) is 4. The molecule has 0 radical (unpaired) electrons. The molecule has 0 fully saturated rings. The Morgan fingerprint density at radius 3 is 2.08 bits per heavy atom. The number of para-hydroxylation sites is 1. The lowest BCUT2D eigenvalue weighted by molar-refractivity contribution is 0.0944. The highest BCUT2D eigenvalue weighted by Crippen LogP contribution is 2.18. The Bertz CT molecular complexity index is 869. The van der Waals surface area contributed by atoms with Gasteiger partial charge in [-0.25, -0.2) is 0 Å². The predicted molar refractivity (Wildman–Crippen MR) is 107 cm³/mol. The SMILES string of the molecule is O=C(NNC(=S)Nc1ccc(Nc2ccccc2)cc1)c1ccncc1. The highest BCUT2D eigenvalue weighted by molar-refractivity contribution is 7.80. The van der Waals surface area contributed by atoms with Crippen LogP contribution in [0.15, 0.2) is 79.1 Å². The van der Waals surface area contributed by atoms with E-state index in [2.05, 4.69) is 26.5 Å². The van der Waals surface area contributed by atoms with Gasteiger partial charge >= 0.3 is 0 Å². The minimum absolute atomic E-state index is 0.288. The van der Waals surface area contributed by atoms with Crippen LogP contribution in [-0.4, -0.2) is 16.0 Å². The molecule has 26 heavy (non-hydrogen) atoms. The van der Waals surface area contributed by atoms with E-state index >= 15 is 0 Å². The lowest BCUT2D eigenvalue weighted by Gasteiger charge is -2.12. The lowest BCUT2D eigenvalue weighted by Crippen LogP contribution is -2.43. The maximum atomic E-state index is 11.9. The number of nitrogens with zero attached hydrogens (tertiary/aromatic N) is 1. The van der Waals surface area contributed by atoms with Crippen molar-refractivity contribution < 1.29 is 4.79 Å². The topological polar surface area (TPSA) is 78.1 Å². The smallest absolute Gasteiger partial charge is 0.269 e. The summed E-state index contributed by atoms with van der Waals surface area (Å²) in [5.74, 6) is -0.293. The standard InChI is InChI=1S/C19H17N5OS/c25-18(14-10-12-20-13-11-14)23-24-19(26)22-17-8-6-16(7-9-17)21-15-4-2-1-3-5-15/h1-13,21H,(H,23,25)(H2,22,24,26). The van der Waals surface area contributed by atoms with Crippen molar-refractivity contribution in [2.24, 2.45) is 0 Å². The van der Waals surface area contributed by atoms with Crippen LogP contribution in [0.3, 0.4) is 0 Å². The van der Waals surface area contributed by atoms with Crippen LogP contribution in [0.5, 0.6) is 0 Å². The summed E-state index contributed by atoms with van der Waals surface area (Å²) < 4.78 is 0. The van der Waals surface area contributed by atoms with Crippen LogP contribution in [0.1, 0.15) is 10.4 Å². The first-order valence-corrected chi connectivity index (χ1v) is 8.31. The van der Waals surface area contributed by atoms with Crippen molar-refractivity contribution in [3.8, 4) is 0 Å². The van der Waals surface area contributed by atoms with Gasteiger partial charge in [-0.2, -0.15) is 0 Å². The summed E-state index contributed by atoms with van der Waals surface area (Å²) in [7, 11) is 0. The molecule has 0 saturated heterocycles. The summed E-state index contributed by atoms with van der Waals surface area (Å²) in [6.45, 7) is 0. The number of aromatic nitrogens is 1. The number of anilines is 3. The Kier molecular flexibility index (Phi) is 5.74. The van der Waals surface area contributed by atoms with Gasteiger partial charge in [0.25, 0.3) is 5.91 Å². The number of benzene rings is 2. The second-order valence-corrected chi connectivity index (χ2v) is 5.75. The molecule has 3 aromatic rings. The summed E-state index contributed by atoms with van der Waals surface area (Å²) in [4.78, 5) is 15.8. The van der Waals surface area contributed by atoms with Crippen molar-refractivity contribution in [1.29, 1.82) is 0 Å². The zero-order valence-corrected chi connectivity index (χ0v) is 14.6. The number of hydrogen-bond acceptors (Lipinski definition) is 4. The summed E-state index contributed by atoms with van der Waals surface area (Å²) >= 11 is 5.18. The lowest BCUT2D eigenvalue weighted by atomic mass is 10.2. The number of pyridine rings is 1. The quantitative estimate of drug-likeness (QED) is 0.420. The molecular weight excluding hydrogens is 346 g/mol. The average molecular weight is 363 g/mol. The largest absolute Gasteiger partial charge is 0.356 e. The fourth-order valence-corrected chi connectivity index (χ4v) is 2.35. The van der Waals surface area contributed by atoms with E-state index in [-0.39, 0.29) is 11.0 Å². The van der Waals surface area contributed by atoms with E-state index in [0.29, 0.717) is 5.56 Å². The van der Waals surface area contributed by atoms with Crippen molar-refractivity contribution in [2.45, 2.75) is 0 Å². The molecule has 1 aromatic heterocycles. The van der Waals surface area contributed by atoms with Gasteiger partial charge in [-0.05, 0) is 60.7 Å². The van der Waals surface area contributed by atoms with Gasteiger partial charge in [0, 0.05) is 35.0 Å². The maximum Gasteiger partial charge on any atom is 0.269 e. The number of carbonyl (C=O) groups is 1. The molecule has 2 aromatic carbocycles. The molecule has 0 bridgehead atoms. The van der Waals surface area contributed by atoms with E-state index in [9.17, 15) is 4.79 Å². The third-order valence-electron chi connectivity index (χ3n) is 3.44. The Balaban J connectivity index is 1.49. The van der Waals surface area contributed by atoms with Gasteiger partial charge in [0.05, 0.1) is 0 Å². The van der Waals surface area contributed by atoms with Crippen LogP contribution >= 0.6 is 12.2 Å². The highest BCUT2D eigenvalue weighted by atomic mass is 32.1. The van der Waals surface area contributed by atoms with Crippen LogP contribution in [0.4, 0.5) is 17.1 Å². The number of thiocarbonyl (C=S) groups is 1. The Morgan fingerprint density at radius 2 is 1.38 bits per heavy atom. The molecule has 4 N–H and O–H groups in total. The summed E-state index contributed by atoms with van der Waals surface area (Å²) in [5.41, 5.74) is 8.48. The van der Waals surface area contributed by atoms with E-state index in [0.717, 1.165) is 17.1 Å². The molecule has 0 aliphatic carbocycles. The molecule has 0 aliphatic heterocycles. The number of nitrogens with one attached hydrogen (secondary N) is 4. The van der Waals surface area contributed by atoms with E-state index in [4.69, 9.17) is 12.2 Å². The molecule has 130 valence electrons. The third kappa shape index (κ3) is 5.02. The summed E-state index contributed by atoms with van der Waals surface area (Å²) in [6, 6.07) is 20.8. The monoisotopic (exact) mass is 363 g/mol. The van der Waals surface area contributed by atoms with E-state index < -0.39 is 0 Å². The molecule has 7 heteroatoms. The second-order valence-electron chi connectivity index (χ2n) is 5.34. The highest BCUT2D eigenvalue weighted by Gasteiger charge is 2.05. The van der Waals surface area contributed by atoms with E-state index in [1.54, 1.807) is 24.5 Å². The fourth-order valence-electron chi connectivity index (χ4n) is 2.18. The van der Waals surface area contributed by atoms with Gasteiger partial charge in [-0.15, -0.1) is 0 Å². The molecule has 0 unspecified atom stereocenters. The number of hydrazine groups is 1. The predicted octanol–water partition coefficient (Wildman–Crippen LogP) is 3.46. The van der Waals surface area contributed by atoms with Gasteiger partial charge in [0.1, 0.15) is 0 Å². The van der Waals surface area contributed by atoms with Crippen molar-refractivity contribution in [3.63, 3.8) is 0 Å². The number of carbonyl (C=O) groups excluding carboxylic acids is 1. The molecule has 0 atom stereocenters. The zero-order valence-electron chi connectivity index (χ0n) is 13.8. The van der Waals surface area contributed by atoms with E-state index in [1.165, 1.54) is 0 Å². The van der Waals surface area contributed by atoms with Crippen LogP contribution in [0.2, 0.25) is 0 Å². The Hall–Kier alpha value is -3.45. The summed E-state index contributed by atoms with van der Waals surface area (Å²) in [5, 5.41) is 6.60. The number of rotatable bonds is 4. The fraction of sp³-hybridized carbons (Fsp3) is 0. The van der Waals surface area contributed by atoms with Gasteiger partial charge in [0.2, 0.25) is 0 Å². The van der Waals surface area contributed by atoms with Crippen molar-refractivity contribution in [2.75, 3.05) is 10.6 Å². The van der Waals surface area contributed by atoms with Crippen LogP contribution < -0.4 is 21.5 Å². The van der Waals surface area contributed by atoms with Crippen molar-refractivity contribution in [3.05, 3.63) is 84.7 Å². The first kappa shape index (κ1) is 17.4. The Labute approximate surface area is 156 Å². The molecule has 1 amide bonds. The first-order chi connectivity index (χ1) is 12.7. The average Bonchev–Trinajstić information content (AvgIpc) is 2.69. The zero-order chi connectivity index (χ0) is 18.2. The van der Waals surface area contributed by atoms with Gasteiger partial charge in [0.15, 0.2) is 5.11 Å².